The summed E-state index contributed by atoms with van der Waals surface area (Å²) in [6.07, 6.45) is 0.687. The van der Waals surface area contributed by atoms with Gasteiger partial charge in [-0.05, 0) is 48.7 Å². The van der Waals surface area contributed by atoms with Crippen LogP contribution >= 0.6 is 0 Å². The van der Waals surface area contributed by atoms with Crippen LogP contribution in [0.1, 0.15) is 18.1 Å². The number of hydrogen-bond acceptors (Lipinski definition) is 5. The molecule has 1 aliphatic heterocycles. The Morgan fingerprint density at radius 1 is 1.21 bits per heavy atom. The summed E-state index contributed by atoms with van der Waals surface area (Å²) in [7, 11) is -3.66. The molecule has 1 atom stereocenters. The fourth-order valence-corrected chi connectivity index (χ4v) is 4.19. The van der Waals surface area contributed by atoms with Gasteiger partial charge in [-0.2, -0.15) is 0 Å². The van der Waals surface area contributed by atoms with Crippen molar-refractivity contribution in [1.82, 2.24) is 9.62 Å². The lowest BCUT2D eigenvalue weighted by Gasteiger charge is -2.30. The number of carbonyl (C=O) groups excluding carboxylic acids is 1. The zero-order valence-corrected chi connectivity index (χ0v) is 16.6. The van der Waals surface area contributed by atoms with Crippen LogP contribution in [-0.4, -0.2) is 45.0 Å². The molecule has 1 amide bonds. The van der Waals surface area contributed by atoms with E-state index in [1.54, 1.807) is 24.0 Å². The first kappa shape index (κ1) is 20.3. The predicted molar refractivity (Wildman–Crippen MR) is 106 cm³/mol. The highest BCUT2D eigenvalue weighted by Gasteiger charge is 2.24. The van der Waals surface area contributed by atoms with Crippen LogP contribution in [0.5, 0.6) is 5.75 Å². The molecule has 0 aromatic heterocycles. The van der Waals surface area contributed by atoms with Crippen molar-refractivity contribution in [1.29, 1.82) is 0 Å². The fraction of sp³-hybridized carbons (Fsp3) is 0.350. The second kappa shape index (κ2) is 8.72. The van der Waals surface area contributed by atoms with Crippen molar-refractivity contribution < 1.29 is 17.9 Å². The molecular weight excluding hydrogens is 378 g/mol. The molecular formula is C20H25N3O4S. The smallest absolute Gasteiger partial charge is 0.240 e. The van der Waals surface area contributed by atoms with Gasteiger partial charge < -0.3 is 15.4 Å². The first-order chi connectivity index (χ1) is 13.4. The van der Waals surface area contributed by atoms with Crippen molar-refractivity contribution in [2.75, 3.05) is 19.7 Å². The number of carbonyl (C=O) groups is 1. The minimum Gasteiger partial charge on any atom is -0.492 e. The quantitative estimate of drug-likeness (QED) is 0.678. The Labute approximate surface area is 165 Å². The van der Waals surface area contributed by atoms with E-state index in [0.717, 1.165) is 11.1 Å². The van der Waals surface area contributed by atoms with Gasteiger partial charge in [-0.15, -0.1) is 0 Å². The maximum Gasteiger partial charge on any atom is 0.240 e. The summed E-state index contributed by atoms with van der Waals surface area (Å²) in [4.78, 5) is 14.0. The fourth-order valence-electron chi connectivity index (χ4n) is 3.12. The molecule has 0 radical (unpaired) electrons. The van der Waals surface area contributed by atoms with E-state index in [9.17, 15) is 13.2 Å². The number of hydrogen-bond donors (Lipinski definition) is 2. The number of sulfonamides is 1. The summed E-state index contributed by atoms with van der Waals surface area (Å²) in [5.41, 5.74) is 7.58. The van der Waals surface area contributed by atoms with Gasteiger partial charge in [0, 0.05) is 19.6 Å². The number of nitrogens with two attached hydrogens (primary N) is 1. The van der Waals surface area contributed by atoms with Crippen LogP contribution in [0.2, 0.25) is 0 Å². The first-order valence-corrected chi connectivity index (χ1v) is 10.7. The van der Waals surface area contributed by atoms with Gasteiger partial charge in [-0.3, -0.25) is 4.79 Å². The van der Waals surface area contributed by atoms with Gasteiger partial charge in [0.05, 0.1) is 10.9 Å². The molecule has 28 heavy (non-hydrogen) atoms. The summed E-state index contributed by atoms with van der Waals surface area (Å²) >= 11 is 0. The molecule has 8 heteroatoms. The Bertz CT molecular complexity index is 930. The maximum absolute atomic E-state index is 12.6. The average Bonchev–Trinajstić information content (AvgIpc) is 2.70. The third-order valence-electron chi connectivity index (χ3n) is 4.61. The van der Waals surface area contributed by atoms with Crippen molar-refractivity contribution in [3.8, 4) is 5.75 Å². The number of amides is 1. The van der Waals surface area contributed by atoms with Gasteiger partial charge >= 0.3 is 0 Å². The highest BCUT2D eigenvalue weighted by atomic mass is 32.2. The maximum atomic E-state index is 12.6. The zero-order valence-electron chi connectivity index (χ0n) is 15.8. The third kappa shape index (κ3) is 4.89. The molecule has 2 aromatic carbocycles. The van der Waals surface area contributed by atoms with Crippen LogP contribution in [0, 0.1) is 0 Å². The van der Waals surface area contributed by atoms with Crippen molar-refractivity contribution in [3.05, 3.63) is 59.7 Å². The van der Waals surface area contributed by atoms with E-state index in [0.29, 0.717) is 25.3 Å². The topological polar surface area (TPSA) is 102 Å². The molecule has 0 bridgehead atoms. The zero-order chi connectivity index (χ0) is 20.1. The first-order valence-electron chi connectivity index (χ1n) is 9.20. The largest absolute Gasteiger partial charge is 0.492 e. The SMILES string of the molecule is C[C@@H](N)C(=O)N1CCc2ccc(S(=O)(=O)NCCOc3ccccc3)cc2C1. The number of nitrogens with one attached hydrogen (secondary N) is 1. The molecule has 0 unspecified atom stereocenters. The molecule has 7 nitrogen and oxygen atoms in total. The molecule has 3 N–H and O–H groups in total. The Morgan fingerprint density at radius 2 is 1.96 bits per heavy atom. The Morgan fingerprint density at radius 3 is 2.68 bits per heavy atom. The lowest BCUT2D eigenvalue weighted by atomic mass is 9.99. The van der Waals surface area contributed by atoms with Crippen LogP contribution < -0.4 is 15.2 Å². The van der Waals surface area contributed by atoms with Crippen LogP contribution in [0.25, 0.3) is 0 Å². The average molecular weight is 404 g/mol. The van der Waals surface area contributed by atoms with Crippen LogP contribution in [0.15, 0.2) is 53.4 Å². The molecule has 1 aliphatic rings. The van der Waals surface area contributed by atoms with E-state index < -0.39 is 16.1 Å². The van der Waals surface area contributed by atoms with Gasteiger partial charge in [0.25, 0.3) is 0 Å². The van der Waals surface area contributed by atoms with Crippen LogP contribution in [-0.2, 0) is 27.8 Å². The van der Waals surface area contributed by atoms with E-state index in [-0.39, 0.29) is 24.0 Å². The molecule has 0 aliphatic carbocycles. The summed E-state index contributed by atoms with van der Waals surface area (Å²) in [5.74, 6) is 0.560. The summed E-state index contributed by atoms with van der Waals surface area (Å²) in [6, 6.07) is 13.7. The van der Waals surface area contributed by atoms with Gasteiger partial charge in [0.1, 0.15) is 12.4 Å². The highest BCUT2D eigenvalue weighted by Crippen LogP contribution is 2.23. The Hall–Kier alpha value is -2.42. The van der Waals surface area contributed by atoms with E-state index in [1.165, 1.54) is 0 Å². The molecule has 0 spiro atoms. The molecule has 0 saturated heterocycles. The standard InChI is InChI=1S/C20H25N3O4S/c1-15(21)20(24)23-11-9-16-7-8-19(13-17(16)14-23)28(25,26)22-10-12-27-18-5-3-2-4-6-18/h2-8,13,15,22H,9-12,14,21H2,1H3/t15-/m1/s1. The van der Waals surface area contributed by atoms with E-state index >= 15 is 0 Å². The highest BCUT2D eigenvalue weighted by molar-refractivity contribution is 7.89. The molecule has 3 rings (SSSR count). The normalized spacial score (nSPS) is 15.0. The van der Waals surface area contributed by atoms with E-state index in [4.69, 9.17) is 10.5 Å². The molecule has 2 aromatic rings. The van der Waals surface area contributed by atoms with Gasteiger partial charge in [0.15, 0.2) is 0 Å². The molecule has 150 valence electrons. The van der Waals surface area contributed by atoms with E-state index in [2.05, 4.69) is 4.72 Å². The number of ether oxygens (including phenoxy) is 1. The lowest BCUT2D eigenvalue weighted by Crippen LogP contribution is -2.44. The number of fused-ring (bicyclic) bond motifs is 1. The van der Waals surface area contributed by atoms with Crippen molar-refractivity contribution >= 4 is 15.9 Å². The third-order valence-corrected chi connectivity index (χ3v) is 6.07. The predicted octanol–water partition coefficient (Wildman–Crippen LogP) is 1.28. The molecule has 0 fully saturated rings. The lowest BCUT2D eigenvalue weighted by molar-refractivity contribution is -0.133. The number of benzene rings is 2. The monoisotopic (exact) mass is 403 g/mol. The van der Waals surface area contributed by atoms with Crippen LogP contribution in [0.4, 0.5) is 0 Å². The molecule has 1 heterocycles. The number of nitrogens with zero attached hydrogens (tertiary/aromatic N) is 1. The van der Waals surface area contributed by atoms with Gasteiger partial charge in [-0.1, -0.05) is 24.3 Å². The number of rotatable bonds is 7. The summed E-state index contributed by atoms with van der Waals surface area (Å²) in [6.45, 7) is 3.00. The molecule has 0 saturated carbocycles. The summed E-state index contributed by atoms with van der Waals surface area (Å²) < 4.78 is 33.2. The van der Waals surface area contributed by atoms with Gasteiger partial charge in [-0.25, -0.2) is 13.1 Å². The summed E-state index contributed by atoms with van der Waals surface area (Å²) in [5, 5.41) is 0. The minimum atomic E-state index is -3.66. The van der Waals surface area contributed by atoms with Crippen LogP contribution in [0.3, 0.4) is 0 Å². The Kier molecular flexibility index (Phi) is 6.33. The van der Waals surface area contributed by atoms with E-state index in [1.807, 2.05) is 36.4 Å². The van der Waals surface area contributed by atoms with Crippen molar-refractivity contribution in [3.63, 3.8) is 0 Å². The van der Waals surface area contributed by atoms with Gasteiger partial charge in [0.2, 0.25) is 15.9 Å². The van der Waals surface area contributed by atoms with Crippen molar-refractivity contribution in [2.24, 2.45) is 5.73 Å². The second-order valence-corrected chi connectivity index (χ2v) is 8.56. The number of para-hydroxylation sites is 1. The second-order valence-electron chi connectivity index (χ2n) is 6.79. The minimum absolute atomic E-state index is 0.130. The Balaban J connectivity index is 1.63. The van der Waals surface area contributed by atoms with Crippen molar-refractivity contribution in [2.45, 2.75) is 30.8 Å².